The lowest BCUT2D eigenvalue weighted by molar-refractivity contribution is -0.294. The molecule has 8 nitrogen and oxygen atoms in total. The Hall–Kier alpha value is -1.67. The van der Waals surface area contributed by atoms with Crippen LogP contribution < -0.4 is 0 Å². The fourth-order valence-corrected chi connectivity index (χ4v) is 2.16. The molecule has 0 aromatic heterocycles. The number of hydrogen-bond acceptors (Lipinski definition) is 8. The fraction of sp³-hybridized carbons (Fsp3) is 0.769. The van der Waals surface area contributed by atoms with Gasteiger partial charge < -0.3 is 23.7 Å². The Balaban J connectivity index is 3.08. The van der Waals surface area contributed by atoms with Gasteiger partial charge in [0.1, 0.15) is 0 Å². The maximum Gasteiger partial charge on any atom is 0.303 e. The van der Waals surface area contributed by atoms with Crippen LogP contribution in [0.2, 0.25) is 0 Å². The van der Waals surface area contributed by atoms with Crippen molar-refractivity contribution in [3.63, 3.8) is 0 Å². The van der Waals surface area contributed by atoms with E-state index in [4.69, 9.17) is 23.7 Å². The summed E-state index contributed by atoms with van der Waals surface area (Å²) in [6.07, 6.45) is -4.47. The van der Waals surface area contributed by atoms with Crippen LogP contribution in [0.15, 0.2) is 0 Å². The van der Waals surface area contributed by atoms with E-state index in [1.54, 1.807) is 6.92 Å². The summed E-state index contributed by atoms with van der Waals surface area (Å²) in [6, 6.07) is 0. The molecule has 0 aromatic carbocycles. The summed E-state index contributed by atoms with van der Waals surface area (Å²) in [5.74, 6) is -1.76. The van der Waals surface area contributed by atoms with Gasteiger partial charge in [-0.25, -0.2) is 0 Å². The van der Waals surface area contributed by atoms with E-state index >= 15 is 0 Å². The minimum absolute atomic E-state index is 0.565. The number of carbonyl (C=O) groups is 3. The largest absolute Gasteiger partial charge is 0.456 e. The first-order chi connectivity index (χ1) is 9.76. The Morgan fingerprint density at radius 1 is 0.810 bits per heavy atom. The zero-order valence-electron chi connectivity index (χ0n) is 12.7. The van der Waals surface area contributed by atoms with E-state index in [9.17, 15) is 14.4 Å². The predicted octanol–water partition coefficient (Wildman–Crippen LogP) is 0.173. The normalized spacial score (nSPS) is 32.1. The molecule has 8 heteroatoms. The summed E-state index contributed by atoms with van der Waals surface area (Å²) in [4.78, 5) is 33.7. The lowest BCUT2D eigenvalue weighted by atomic mass is 9.99. The zero-order chi connectivity index (χ0) is 16.2. The lowest BCUT2D eigenvalue weighted by Crippen LogP contribution is -2.60. The van der Waals surface area contributed by atoms with Crippen LogP contribution in [-0.2, 0) is 38.1 Å². The van der Waals surface area contributed by atoms with Crippen molar-refractivity contribution in [1.29, 1.82) is 0 Å². The third-order valence-corrected chi connectivity index (χ3v) is 2.87. The highest BCUT2D eigenvalue weighted by atomic mass is 16.7. The standard InChI is InChI=1S/C13H20O8/c1-6-10(19-7(2)14)11(20-8(3)15)12(21-9(4)16)13(17-5)18-6/h6,10-13H,1-5H3/t6-,10-,11+,12+,13-/m1/s1. The first-order valence-corrected chi connectivity index (χ1v) is 6.46. The van der Waals surface area contributed by atoms with Crippen LogP contribution in [0.1, 0.15) is 27.7 Å². The highest BCUT2D eigenvalue weighted by Crippen LogP contribution is 2.28. The first kappa shape index (κ1) is 17.4. The van der Waals surface area contributed by atoms with Gasteiger partial charge in [-0.2, -0.15) is 0 Å². The van der Waals surface area contributed by atoms with Gasteiger partial charge in [-0.3, -0.25) is 14.4 Å². The smallest absolute Gasteiger partial charge is 0.303 e. The minimum atomic E-state index is -1.03. The fourth-order valence-electron chi connectivity index (χ4n) is 2.16. The van der Waals surface area contributed by atoms with Gasteiger partial charge in [-0.15, -0.1) is 0 Å². The molecule has 1 aliphatic heterocycles. The number of carbonyl (C=O) groups excluding carboxylic acids is 3. The molecule has 21 heavy (non-hydrogen) atoms. The van der Waals surface area contributed by atoms with E-state index in [-0.39, 0.29) is 0 Å². The Morgan fingerprint density at radius 3 is 1.67 bits per heavy atom. The number of rotatable bonds is 4. The summed E-state index contributed by atoms with van der Waals surface area (Å²) in [5, 5.41) is 0. The third-order valence-electron chi connectivity index (χ3n) is 2.87. The van der Waals surface area contributed by atoms with Gasteiger partial charge in [0.15, 0.2) is 24.6 Å². The summed E-state index contributed by atoms with van der Waals surface area (Å²) in [6.45, 7) is 5.27. The average Bonchev–Trinajstić information content (AvgIpc) is 2.35. The Bertz CT molecular complexity index is 407. The number of hydrogen-bond donors (Lipinski definition) is 0. The van der Waals surface area contributed by atoms with Crippen LogP contribution in [0.4, 0.5) is 0 Å². The topological polar surface area (TPSA) is 97.4 Å². The van der Waals surface area contributed by atoms with Crippen molar-refractivity contribution in [2.45, 2.75) is 58.4 Å². The maximum absolute atomic E-state index is 11.3. The van der Waals surface area contributed by atoms with Crippen molar-refractivity contribution >= 4 is 17.9 Å². The molecule has 1 aliphatic rings. The van der Waals surface area contributed by atoms with E-state index in [0.717, 1.165) is 0 Å². The van der Waals surface area contributed by atoms with Crippen LogP contribution in [0, 0.1) is 0 Å². The van der Waals surface area contributed by atoms with Crippen molar-refractivity contribution in [2.75, 3.05) is 7.11 Å². The van der Waals surface area contributed by atoms with E-state index in [0.29, 0.717) is 0 Å². The van der Waals surface area contributed by atoms with Gasteiger partial charge in [0.05, 0.1) is 6.10 Å². The minimum Gasteiger partial charge on any atom is -0.456 e. The second-order valence-corrected chi connectivity index (χ2v) is 4.67. The third kappa shape index (κ3) is 4.68. The Labute approximate surface area is 122 Å². The second-order valence-electron chi connectivity index (χ2n) is 4.67. The molecule has 0 spiro atoms. The Kier molecular flexibility index (Phi) is 6.10. The first-order valence-electron chi connectivity index (χ1n) is 6.46. The number of methoxy groups -OCH3 is 1. The van der Waals surface area contributed by atoms with E-state index in [1.165, 1.54) is 27.9 Å². The molecule has 1 rings (SSSR count). The van der Waals surface area contributed by atoms with Gasteiger partial charge in [-0.1, -0.05) is 0 Å². The van der Waals surface area contributed by atoms with Crippen LogP contribution in [0.3, 0.4) is 0 Å². The van der Waals surface area contributed by atoms with Crippen molar-refractivity contribution in [3.8, 4) is 0 Å². The van der Waals surface area contributed by atoms with Gasteiger partial charge in [-0.05, 0) is 6.92 Å². The van der Waals surface area contributed by atoms with Gasteiger partial charge in [0, 0.05) is 27.9 Å². The van der Waals surface area contributed by atoms with Crippen LogP contribution >= 0.6 is 0 Å². The highest BCUT2D eigenvalue weighted by molar-refractivity contribution is 5.68. The van der Waals surface area contributed by atoms with Crippen molar-refractivity contribution in [1.82, 2.24) is 0 Å². The molecule has 0 bridgehead atoms. The quantitative estimate of drug-likeness (QED) is 0.535. The van der Waals surface area contributed by atoms with Crippen LogP contribution in [-0.4, -0.2) is 55.7 Å². The zero-order valence-corrected chi connectivity index (χ0v) is 12.7. The molecule has 1 fully saturated rings. The van der Waals surface area contributed by atoms with E-state index < -0.39 is 48.6 Å². The average molecular weight is 304 g/mol. The summed E-state index contributed by atoms with van der Waals surface area (Å²) >= 11 is 0. The molecule has 0 aromatic rings. The van der Waals surface area contributed by atoms with Crippen molar-refractivity contribution in [3.05, 3.63) is 0 Å². The molecule has 0 N–H and O–H groups in total. The summed E-state index contributed by atoms with van der Waals surface area (Å²) in [7, 11) is 1.37. The number of ether oxygens (including phenoxy) is 5. The molecular weight excluding hydrogens is 284 g/mol. The van der Waals surface area contributed by atoms with E-state index in [2.05, 4.69) is 0 Å². The predicted molar refractivity (Wildman–Crippen MR) is 68.0 cm³/mol. The maximum atomic E-state index is 11.3. The van der Waals surface area contributed by atoms with Crippen molar-refractivity contribution in [2.24, 2.45) is 0 Å². The Morgan fingerprint density at radius 2 is 1.24 bits per heavy atom. The molecule has 0 unspecified atom stereocenters. The monoisotopic (exact) mass is 304 g/mol. The lowest BCUT2D eigenvalue weighted by Gasteiger charge is -2.42. The molecule has 0 saturated carbocycles. The highest BCUT2D eigenvalue weighted by Gasteiger charge is 2.50. The molecule has 0 aliphatic carbocycles. The molecule has 1 saturated heterocycles. The molecule has 0 amide bonds. The molecule has 0 radical (unpaired) electrons. The summed E-state index contributed by atoms with van der Waals surface area (Å²) in [5.41, 5.74) is 0. The number of esters is 3. The summed E-state index contributed by atoms with van der Waals surface area (Å²) < 4.78 is 26.0. The molecular formula is C13H20O8. The van der Waals surface area contributed by atoms with Crippen LogP contribution in [0.25, 0.3) is 0 Å². The van der Waals surface area contributed by atoms with Gasteiger partial charge >= 0.3 is 17.9 Å². The van der Waals surface area contributed by atoms with Gasteiger partial charge in [0.25, 0.3) is 0 Å². The SMILES string of the molecule is CO[C@@H]1O[C@H](C)[C@@H](OC(C)=O)[C@H](OC(C)=O)[C@@H]1OC(C)=O. The van der Waals surface area contributed by atoms with E-state index in [1.807, 2.05) is 0 Å². The molecule has 5 atom stereocenters. The van der Waals surface area contributed by atoms with Gasteiger partial charge in [0.2, 0.25) is 0 Å². The van der Waals surface area contributed by atoms with Crippen molar-refractivity contribution < 1.29 is 38.1 Å². The molecule has 1 heterocycles. The molecule has 120 valence electrons. The van der Waals surface area contributed by atoms with Crippen LogP contribution in [0.5, 0.6) is 0 Å². The second kappa shape index (κ2) is 7.37.